The molecule has 0 saturated carbocycles. The van der Waals surface area contributed by atoms with E-state index in [2.05, 4.69) is 5.32 Å². The third-order valence-corrected chi connectivity index (χ3v) is 2.32. The molecule has 0 aliphatic carbocycles. The fraction of sp³-hybridized carbons (Fsp3) is 0.500. The highest BCUT2D eigenvalue weighted by Crippen LogP contribution is 2.32. The standard InChI is InChI=1S/C12H17NO3/c1-12(2,14)7-13-6-9-3-4-10-11(5-9)16-8-15-10/h3-5,13-14H,6-8H2,1-2H3. The van der Waals surface area contributed by atoms with E-state index in [0.717, 1.165) is 17.1 Å². The third-order valence-electron chi connectivity index (χ3n) is 2.32. The summed E-state index contributed by atoms with van der Waals surface area (Å²) in [6.07, 6.45) is 0. The van der Waals surface area contributed by atoms with Crippen LogP contribution in [0.2, 0.25) is 0 Å². The number of benzene rings is 1. The van der Waals surface area contributed by atoms with E-state index in [0.29, 0.717) is 19.9 Å². The highest BCUT2D eigenvalue weighted by Gasteiger charge is 2.14. The first kappa shape index (κ1) is 11.2. The highest BCUT2D eigenvalue weighted by atomic mass is 16.7. The van der Waals surface area contributed by atoms with Gasteiger partial charge in [-0.25, -0.2) is 0 Å². The van der Waals surface area contributed by atoms with Crippen LogP contribution in [0.25, 0.3) is 0 Å². The maximum absolute atomic E-state index is 9.54. The molecule has 88 valence electrons. The summed E-state index contributed by atoms with van der Waals surface area (Å²) in [5.41, 5.74) is 0.435. The lowest BCUT2D eigenvalue weighted by atomic mass is 10.1. The Kier molecular flexibility index (Phi) is 3.03. The van der Waals surface area contributed by atoms with Gasteiger partial charge < -0.3 is 19.9 Å². The van der Waals surface area contributed by atoms with Crippen molar-refractivity contribution >= 4 is 0 Å². The molecule has 1 aliphatic rings. The van der Waals surface area contributed by atoms with Crippen LogP contribution in [0.5, 0.6) is 11.5 Å². The summed E-state index contributed by atoms with van der Waals surface area (Å²) in [6.45, 7) is 5.12. The van der Waals surface area contributed by atoms with Crippen molar-refractivity contribution in [3.8, 4) is 11.5 Å². The minimum atomic E-state index is -0.684. The van der Waals surface area contributed by atoms with Gasteiger partial charge in [-0.15, -0.1) is 0 Å². The molecular weight excluding hydrogens is 206 g/mol. The predicted molar refractivity (Wildman–Crippen MR) is 60.6 cm³/mol. The molecule has 4 heteroatoms. The van der Waals surface area contributed by atoms with E-state index in [9.17, 15) is 5.11 Å². The Morgan fingerprint density at radius 2 is 2.06 bits per heavy atom. The number of rotatable bonds is 4. The van der Waals surface area contributed by atoms with Gasteiger partial charge >= 0.3 is 0 Å². The summed E-state index contributed by atoms with van der Waals surface area (Å²) in [5, 5.41) is 12.7. The average molecular weight is 223 g/mol. The molecule has 4 nitrogen and oxygen atoms in total. The van der Waals surface area contributed by atoms with Crippen LogP contribution < -0.4 is 14.8 Å². The quantitative estimate of drug-likeness (QED) is 0.807. The lowest BCUT2D eigenvalue weighted by Gasteiger charge is -2.17. The van der Waals surface area contributed by atoms with Gasteiger partial charge in [0.15, 0.2) is 11.5 Å². The highest BCUT2D eigenvalue weighted by molar-refractivity contribution is 5.44. The van der Waals surface area contributed by atoms with Crippen LogP contribution in [-0.2, 0) is 6.54 Å². The SMILES string of the molecule is CC(C)(O)CNCc1ccc2c(c1)OCO2. The first-order valence-electron chi connectivity index (χ1n) is 5.36. The lowest BCUT2D eigenvalue weighted by molar-refractivity contribution is 0.0795. The molecule has 0 unspecified atom stereocenters. The molecule has 0 amide bonds. The van der Waals surface area contributed by atoms with E-state index >= 15 is 0 Å². The molecule has 0 radical (unpaired) electrons. The maximum Gasteiger partial charge on any atom is 0.231 e. The second-order valence-electron chi connectivity index (χ2n) is 4.60. The van der Waals surface area contributed by atoms with Gasteiger partial charge in [-0.3, -0.25) is 0 Å². The van der Waals surface area contributed by atoms with Gasteiger partial charge in [0.05, 0.1) is 5.60 Å². The summed E-state index contributed by atoms with van der Waals surface area (Å²) in [7, 11) is 0. The molecule has 0 aromatic heterocycles. The number of ether oxygens (including phenoxy) is 2. The maximum atomic E-state index is 9.54. The Morgan fingerprint density at radius 3 is 2.81 bits per heavy atom. The molecule has 1 aliphatic heterocycles. The Bertz CT molecular complexity index is 371. The smallest absolute Gasteiger partial charge is 0.231 e. The third kappa shape index (κ3) is 2.87. The van der Waals surface area contributed by atoms with E-state index in [1.807, 2.05) is 18.2 Å². The molecule has 16 heavy (non-hydrogen) atoms. The Hall–Kier alpha value is -1.26. The minimum absolute atomic E-state index is 0.301. The molecular formula is C12H17NO3. The molecule has 0 bridgehead atoms. The summed E-state index contributed by atoms with van der Waals surface area (Å²) in [6, 6.07) is 5.86. The molecule has 2 N–H and O–H groups in total. The zero-order chi connectivity index (χ0) is 11.6. The van der Waals surface area contributed by atoms with Gasteiger partial charge in [0.25, 0.3) is 0 Å². The first-order chi connectivity index (χ1) is 7.54. The number of nitrogens with one attached hydrogen (secondary N) is 1. The van der Waals surface area contributed by atoms with Gasteiger partial charge in [-0.2, -0.15) is 0 Å². The number of aliphatic hydroxyl groups is 1. The Balaban J connectivity index is 1.91. The van der Waals surface area contributed by atoms with Crippen LogP contribution in [0.3, 0.4) is 0 Å². The van der Waals surface area contributed by atoms with E-state index in [4.69, 9.17) is 9.47 Å². The summed E-state index contributed by atoms with van der Waals surface area (Å²) in [5.74, 6) is 1.59. The fourth-order valence-corrected chi connectivity index (χ4v) is 1.56. The van der Waals surface area contributed by atoms with Crippen molar-refractivity contribution in [2.45, 2.75) is 26.0 Å². The van der Waals surface area contributed by atoms with E-state index in [-0.39, 0.29) is 0 Å². The van der Waals surface area contributed by atoms with Crippen molar-refractivity contribution in [1.29, 1.82) is 0 Å². The van der Waals surface area contributed by atoms with Crippen molar-refractivity contribution in [3.05, 3.63) is 23.8 Å². The fourth-order valence-electron chi connectivity index (χ4n) is 1.56. The van der Waals surface area contributed by atoms with Gasteiger partial charge in [0.2, 0.25) is 6.79 Å². The molecule has 2 rings (SSSR count). The zero-order valence-electron chi connectivity index (χ0n) is 9.62. The Labute approximate surface area is 95.2 Å². The monoisotopic (exact) mass is 223 g/mol. The van der Waals surface area contributed by atoms with Gasteiger partial charge in [0.1, 0.15) is 0 Å². The second kappa shape index (κ2) is 4.31. The first-order valence-corrected chi connectivity index (χ1v) is 5.36. The van der Waals surface area contributed by atoms with Crippen LogP contribution in [-0.4, -0.2) is 24.0 Å². The van der Waals surface area contributed by atoms with Gasteiger partial charge in [0, 0.05) is 13.1 Å². The van der Waals surface area contributed by atoms with Crippen LogP contribution in [0.4, 0.5) is 0 Å². The van der Waals surface area contributed by atoms with E-state index < -0.39 is 5.60 Å². The molecule has 1 aromatic carbocycles. The van der Waals surface area contributed by atoms with Crippen LogP contribution in [0.15, 0.2) is 18.2 Å². The number of hydrogen-bond acceptors (Lipinski definition) is 4. The van der Waals surface area contributed by atoms with Crippen LogP contribution in [0, 0.1) is 0 Å². The number of hydrogen-bond donors (Lipinski definition) is 2. The topological polar surface area (TPSA) is 50.7 Å². The minimum Gasteiger partial charge on any atom is -0.454 e. The largest absolute Gasteiger partial charge is 0.454 e. The van der Waals surface area contributed by atoms with Crippen LogP contribution in [0.1, 0.15) is 19.4 Å². The van der Waals surface area contributed by atoms with E-state index in [1.165, 1.54) is 0 Å². The van der Waals surface area contributed by atoms with Crippen molar-refractivity contribution in [3.63, 3.8) is 0 Å². The second-order valence-corrected chi connectivity index (χ2v) is 4.60. The number of fused-ring (bicyclic) bond motifs is 1. The summed E-state index contributed by atoms with van der Waals surface area (Å²) < 4.78 is 10.5. The zero-order valence-corrected chi connectivity index (χ0v) is 9.62. The summed E-state index contributed by atoms with van der Waals surface area (Å²) >= 11 is 0. The lowest BCUT2D eigenvalue weighted by Crippen LogP contribution is -2.34. The van der Waals surface area contributed by atoms with Crippen LogP contribution >= 0.6 is 0 Å². The normalized spacial score (nSPS) is 14.2. The van der Waals surface area contributed by atoms with Gasteiger partial charge in [-0.05, 0) is 31.5 Å². The molecule has 1 heterocycles. The van der Waals surface area contributed by atoms with Crippen molar-refractivity contribution in [2.24, 2.45) is 0 Å². The van der Waals surface area contributed by atoms with Crippen molar-refractivity contribution in [1.82, 2.24) is 5.32 Å². The Morgan fingerprint density at radius 1 is 1.31 bits per heavy atom. The average Bonchev–Trinajstić information content (AvgIpc) is 2.62. The predicted octanol–water partition coefficient (Wildman–Crippen LogP) is 1.28. The van der Waals surface area contributed by atoms with Crippen molar-refractivity contribution in [2.75, 3.05) is 13.3 Å². The molecule has 1 aromatic rings. The van der Waals surface area contributed by atoms with Crippen molar-refractivity contribution < 1.29 is 14.6 Å². The molecule has 0 saturated heterocycles. The molecule has 0 spiro atoms. The van der Waals surface area contributed by atoms with Gasteiger partial charge in [-0.1, -0.05) is 6.07 Å². The van der Waals surface area contributed by atoms with E-state index in [1.54, 1.807) is 13.8 Å². The molecule has 0 fully saturated rings. The summed E-state index contributed by atoms with van der Waals surface area (Å²) in [4.78, 5) is 0. The molecule has 0 atom stereocenters.